The number of amides is 1. The lowest BCUT2D eigenvalue weighted by molar-refractivity contribution is -0.170. The molecule has 1 aromatic carbocycles. The van der Waals surface area contributed by atoms with Crippen LogP contribution in [-0.2, 0) is 11.2 Å². The Morgan fingerprint density at radius 2 is 1.81 bits per heavy atom. The smallest absolute Gasteiger partial charge is 0.385 e. The van der Waals surface area contributed by atoms with Gasteiger partial charge < -0.3 is 9.47 Å². The maximum absolute atomic E-state index is 13.1. The first kappa shape index (κ1) is 19.8. The molecule has 1 aliphatic rings. The summed E-state index contributed by atoms with van der Waals surface area (Å²) in [4.78, 5) is 15.7. The van der Waals surface area contributed by atoms with E-state index in [2.05, 4.69) is 10.4 Å². The molecule has 0 bridgehead atoms. The van der Waals surface area contributed by atoms with Gasteiger partial charge in [0.25, 0.3) is 0 Å². The van der Waals surface area contributed by atoms with Gasteiger partial charge >= 0.3 is 18.3 Å². The van der Waals surface area contributed by atoms with Crippen LogP contribution in [0.1, 0.15) is 25.0 Å². The van der Waals surface area contributed by atoms with E-state index in [-0.39, 0.29) is 5.84 Å². The number of fused-ring (bicyclic) bond motifs is 1. The summed E-state index contributed by atoms with van der Waals surface area (Å²) >= 11 is 0. The third-order valence-corrected chi connectivity index (χ3v) is 3.77. The van der Waals surface area contributed by atoms with Crippen molar-refractivity contribution in [1.29, 1.82) is 0 Å². The van der Waals surface area contributed by atoms with Crippen molar-refractivity contribution in [1.82, 2.24) is 10.9 Å². The highest BCUT2D eigenvalue weighted by Gasteiger charge is 2.49. The van der Waals surface area contributed by atoms with Crippen LogP contribution in [0.3, 0.4) is 0 Å². The highest BCUT2D eigenvalue weighted by molar-refractivity contribution is 6.03. The summed E-state index contributed by atoms with van der Waals surface area (Å²) < 4.78 is 61.1. The van der Waals surface area contributed by atoms with Gasteiger partial charge in [-0.1, -0.05) is 0 Å². The largest absolute Gasteiger partial charge is 0.493 e. The third kappa shape index (κ3) is 3.83. The average molecular weight is 377 g/mol. The lowest BCUT2D eigenvalue weighted by Gasteiger charge is -2.30. The van der Waals surface area contributed by atoms with Gasteiger partial charge in [0, 0.05) is 5.56 Å². The zero-order valence-corrected chi connectivity index (χ0v) is 14.6. The van der Waals surface area contributed by atoms with E-state index < -0.39 is 23.8 Å². The van der Waals surface area contributed by atoms with E-state index >= 15 is 0 Å². The molecule has 1 aliphatic heterocycles. The van der Waals surface area contributed by atoms with Crippen molar-refractivity contribution in [2.45, 2.75) is 38.2 Å². The number of hydrazine groups is 1. The average Bonchev–Trinajstić information content (AvgIpc) is 2.56. The number of halogens is 4. The lowest BCUT2D eigenvalue weighted by Crippen LogP contribution is -2.53. The van der Waals surface area contributed by atoms with E-state index in [4.69, 9.17) is 9.47 Å². The van der Waals surface area contributed by atoms with Gasteiger partial charge in [0.15, 0.2) is 11.5 Å². The second-order valence-corrected chi connectivity index (χ2v) is 6.32. The van der Waals surface area contributed by atoms with Crippen LogP contribution in [0, 0.1) is 0 Å². The minimum atomic E-state index is -4.82. The maximum Gasteiger partial charge on any atom is 0.385 e. The van der Waals surface area contributed by atoms with Crippen molar-refractivity contribution in [3.63, 3.8) is 0 Å². The van der Waals surface area contributed by atoms with E-state index in [1.807, 2.05) is 0 Å². The van der Waals surface area contributed by atoms with Gasteiger partial charge in [0.1, 0.15) is 5.84 Å². The lowest BCUT2D eigenvalue weighted by atomic mass is 9.88. The monoisotopic (exact) mass is 377 g/mol. The van der Waals surface area contributed by atoms with Gasteiger partial charge in [-0.05, 0) is 38.0 Å². The van der Waals surface area contributed by atoms with Crippen molar-refractivity contribution >= 4 is 11.7 Å². The number of ether oxygens (including phenoxy) is 2. The molecular weight excluding hydrogens is 358 g/mol. The molecule has 1 aromatic rings. The molecule has 0 fully saturated rings. The van der Waals surface area contributed by atoms with Crippen LogP contribution in [0.5, 0.6) is 11.5 Å². The number of nitrogens with one attached hydrogen (secondary N) is 2. The number of hydrogen-bond acceptors (Lipinski definition) is 5. The second-order valence-electron chi connectivity index (χ2n) is 6.32. The molecule has 0 unspecified atom stereocenters. The molecule has 2 rings (SSSR count). The molecule has 6 nitrogen and oxygen atoms in total. The van der Waals surface area contributed by atoms with Crippen LogP contribution in [-0.4, -0.2) is 43.8 Å². The van der Waals surface area contributed by atoms with E-state index in [9.17, 15) is 22.4 Å². The van der Waals surface area contributed by atoms with Crippen LogP contribution in [0.2, 0.25) is 0 Å². The number of aliphatic imine (C=N–C) groups is 1. The van der Waals surface area contributed by atoms with Crippen LogP contribution in [0.15, 0.2) is 17.1 Å². The Kier molecular flexibility index (Phi) is 5.33. The predicted molar refractivity (Wildman–Crippen MR) is 86.1 cm³/mol. The quantitative estimate of drug-likeness (QED) is 0.624. The molecule has 10 heteroatoms. The third-order valence-electron chi connectivity index (χ3n) is 3.77. The highest BCUT2D eigenvalue weighted by atomic mass is 19.3. The molecule has 1 amide bonds. The molecule has 0 spiro atoms. The number of carbonyl (C=O) groups excluding carboxylic acids is 1. The summed E-state index contributed by atoms with van der Waals surface area (Å²) in [7, 11) is 2.89. The van der Waals surface area contributed by atoms with E-state index in [1.54, 1.807) is 31.4 Å². The predicted octanol–water partition coefficient (Wildman–Crippen LogP) is 2.31. The standard InChI is InChI=1S/C16H19F4N3O3/c1-15(2)7-8-5-10(25-3)11(26-4)6-9(8)12(21-15)22-23-14(24)16(19,20)13(17)18/h5-6,13H,7H2,1-4H3,(H,21,22)(H,23,24). The van der Waals surface area contributed by atoms with Crippen molar-refractivity contribution in [3.8, 4) is 11.5 Å². The van der Waals surface area contributed by atoms with E-state index in [0.717, 1.165) is 5.56 Å². The van der Waals surface area contributed by atoms with Gasteiger partial charge in [-0.25, -0.2) is 8.78 Å². The zero-order chi connectivity index (χ0) is 19.7. The fourth-order valence-electron chi connectivity index (χ4n) is 2.55. The second kappa shape index (κ2) is 7.00. The van der Waals surface area contributed by atoms with Crippen molar-refractivity contribution in [2.24, 2.45) is 4.99 Å². The SMILES string of the molecule is COc1cc2c(cc1OC)C(NNC(=O)C(F)(F)C(F)F)=NC(C)(C)C2. The van der Waals surface area contributed by atoms with Crippen molar-refractivity contribution in [3.05, 3.63) is 23.3 Å². The Hall–Kier alpha value is -2.52. The topological polar surface area (TPSA) is 72.0 Å². The Morgan fingerprint density at radius 3 is 2.35 bits per heavy atom. The molecule has 0 aromatic heterocycles. The molecule has 26 heavy (non-hydrogen) atoms. The normalized spacial score (nSPS) is 15.8. The number of carbonyl (C=O) groups is 1. The zero-order valence-electron chi connectivity index (χ0n) is 14.6. The number of benzene rings is 1. The molecule has 0 saturated heterocycles. The summed E-state index contributed by atoms with van der Waals surface area (Å²) in [6.45, 7) is 3.59. The first-order valence-electron chi connectivity index (χ1n) is 7.59. The van der Waals surface area contributed by atoms with Gasteiger partial charge in [-0.2, -0.15) is 8.78 Å². The van der Waals surface area contributed by atoms with Crippen LogP contribution < -0.4 is 20.3 Å². The molecule has 2 N–H and O–H groups in total. The first-order valence-corrected chi connectivity index (χ1v) is 7.59. The van der Waals surface area contributed by atoms with Crippen LogP contribution >= 0.6 is 0 Å². The van der Waals surface area contributed by atoms with Crippen molar-refractivity contribution < 1.29 is 31.8 Å². The Morgan fingerprint density at radius 1 is 1.23 bits per heavy atom. The van der Waals surface area contributed by atoms with Crippen molar-refractivity contribution in [2.75, 3.05) is 14.2 Å². The van der Waals surface area contributed by atoms with Gasteiger partial charge in [0.2, 0.25) is 0 Å². The molecular formula is C16H19F4N3O3. The maximum atomic E-state index is 13.1. The summed E-state index contributed by atoms with van der Waals surface area (Å²) in [5.74, 6) is -6.09. The van der Waals surface area contributed by atoms with E-state index in [1.165, 1.54) is 14.2 Å². The molecule has 0 radical (unpaired) electrons. The number of alkyl halides is 4. The fraction of sp³-hybridized carbons (Fsp3) is 0.500. The summed E-state index contributed by atoms with van der Waals surface area (Å²) in [5.41, 5.74) is 4.44. The number of nitrogens with zero attached hydrogens (tertiary/aromatic N) is 1. The van der Waals surface area contributed by atoms with Gasteiger partial charge in [0.05, 0.1) is 19.8 Å². The number of methoxy groups -OCH3 is 2. The van der Waals surface area contributed by atoms with E-state index in [0.29, 0.717) is 23.5 Å². The number of amidine groups is 1. The minimum Gasteiger partial charge on any atom is -0.493 e. The van der Waals surface area contributed by atoms with Gasteiger partial charge in [-0.15, -0.1) is 0 Å². The molecule has 144 valence electrons. The van der Waals surface area contributed by atoms with Crippen LogP contribution in [0.25, 0.3) is 0 Å². The van der Waals surface area contributed by atoms with Gasteiger partial charge in [-0.3, -0.25) is 20.6 Å². The summed E-state index contributed by atoms with van der Waals surface area (Å²) in [6, 6.07) is 3.27. The number of hydrogen-bond donors (Lipinski definition) is 2. The Balaban J connectivity index is 2.34. The summed E-state index contributed by atoms with van der Waals surface area (Å²) in [6.07, 6.45) is -3.61. The first-order chi connectivity index (χ1) is 12.0. The molecule has 0 aliphatic carbocycles. The minimum absolute atomic E-state index is 0.0515. The Bertz CT molecular complexity index is 736. The number of rotatable bonds is 4. The Labute approximate surface area is 147 Å². The molecule has 0 saturated carbocycles. The fourth-order valence-corrected chi connectivity index (χ4v) is 2.55. The summed E-state index contributed by atoms with van der Waals surface area (Å²) in [5, 5.41) is 0. The van der Waals surface area contributed by atoms with Crippen LogP contribution in [0.4, 0.5) is 17.6 Å². The molecule has 0 atom stereocenters. The highest BCUT2D eigenvalue weighted by Crippen LogP contribution is 2.35. The molecule has 1 heterocycles.